The minimum Gasteiger partial charge on any atom is -0.383 e. The van der Waals surface area contributed by atoms with Crippen molar-refractivity contribution >= 4 is 5.69 Å². The third kappa shape index (κ3) is 3.41. The lowest BCUT2D eigenvalue weighted by Gasteiger charge is -2.24. The van der Waals surface area contributed by atoms with Gasteiger partial charge in [0.15, 0.2) is 0 Å². The van der Waals surface area contributed by atoms with E-state index in [1.165, 1.54) is 12.1 Å². The molecule has 1 aromatic carbocycles. The smallest absolute Gasteiger partial charge is 0.383 e. The second-order valence-corrected chi connectivity index (χ2v) is 4.85. The van der Waals surface area contributed by atoms with E-state index in [0.29, 0.717) is 12.6 Å². The monoisotopic (exact) mass is 272 g/mol. The summed E-state index contributed by atoms with van der Waals surface area (Å²) in [6.07, 6.45) is -2.13. The predicted molar refractivity (Wildman–Crippen MR) is 70.2 cm³/mol. The van der Waals surface area contributed by atoms with Crippen LogP contribution in [0.3, 0.4) is 0 Å². The van der Waals surface area contributed by atoms with Crippen LogP contribution in [0.25, 0.3) is 0 Å². The van der Waals surface area contributed by atoms with E-state index < -0.39 is 11.7 Å². The fourth-order valence-electron chi connectivity index (χ4n) is 2.65. The van der Waals surface area contributed by atoms with Crippen molar-refractivity contribution in [1.82, 2.24) is 4.90 Å². The first-order chi connectivity index (χ1) is 9.02. The Labute approximate surface area is 111 Å². The highest BCUT2D eigenvalue weighted by Gasteiger charge is 2.33. The Bertz CT molecular complexity index is 417. The number of hydrogen-bond acceptors (Lipinski definition) is 2. The zero-order valence-corrected chi connectivity index (χ0v) is 11.0. The van der Waals surface area contributed by atoms with Gasteiger partial charge in [0.2, 0.25) is 0 Å². The standard InChI is InChI=1S/C14H19F3N2/c1-2-19-9-5-6-11(19)10-18-13-8-4-3-7-12(13)14(15,16)17/h3-4,7-8,11,18H,2,5-6,9-10H2,1H3. The quantitative estimate of drug-likeness (QED) is 0.901. The summed E-state index contributed by atoms with van der Waals surface area (Å²) >= 11 is 0. The van der Waals surface area contributed by atoms with Gasteiger partial charge in [-0.1, -0.05) is 19.1 Å². The molecule has 5 heteroatoms. The number of anilines is 1. The molecule has 0 aromatic heterocycles. The summed E-state index contributed by atoms with van der Waals surface area (Å²) in [6, 6.07) is 6.00. The molecule has 2 rings (SSSR count). The number of alkyl halides is 3. The zero-order valence-electron chi connectivity index (χ0n) is 11.0. The van der Waals surface area contributed by atoms with Gasteiger partial charge in [0.25, 0.3) is 0 Å². The summed E-state index contributed by atoms with van der Waals surface area (Å²) in [5.74, 6) is 0. The zero-order chi connectivity index (χ0) is 13.9. The number of halogens is 3. The second kappa shape index (κ2) is 5.82. The molecule has 2 nitrogen and oxygen atoms in total. The Kier molecular flexibility index (Phi) is 4.34. The highest BCUT2D eigenvalue weighted by Crippen LogP contribution is 2.34. The minimum atomic E-state index is -4.30. The van der Waals surface area contributed by atoms with E-state index in [2.05, 4.69) is 17.1 Å². The molecule has 1 heterocycles. The summed E-state index contributed by atoms with van der Waals surface area (Å²) < 4.78 is 38.5. The maximum absolute atomic E-state index is 12.8. The van der Waals surface area contributed by atoms with Gasteiger partial charge in [-0.05, 0) is 38.1 Å². The van der Waals surface area contributed by atoms with Crippen LogP contribution in [0.4, 0.5) is 18.9 Å². The van der Waals surface area contributed by atoms with Crippen molar-refractivity contribution in [2.24, 2.45) is 0 Å². The van der Waals surface area contributed by atoms with Crippen molar-refractivity contribution < 1.29 is 13.2 Å². The molecule has 0 amide bonds. The van der Waals surface area contributed by atoms with Gasteiger partial charge in [-0.15, -0.1) is 0 Å². The molecule has 106 valence electrons. The molecule has 0 saturated carbocycles. The van der Waals surface area contributed by atoms with E-state index in [1.54, 1.807) is 6.07 Å². The molecule has 1 atom stereocenters. The highest BCUT2D eigenvalue weighted by atomic mass is 19.4. The predicted octanol–water partition coefficient (Wildman–Crippen LogP) is 3.60. The third-order valence-electron chi connectivity index (χ3n) is 3.67. The fourth-order valence-corrected chi connectivity index (χ4v) is 2.65. The SMILES string of the molecule is CCN1CCCC1CNc1ccccc1C(F)(F)F. The van der Waals surface area contributed by atoms with Crippen LogP contribution in [0.2, 0.25) is 0 Å². The van der Waals surface area contributed by atoms with Crippen LogP contribution < -0.4 is 5.32 Å². The van der Waals surface area contributed by atoms with Crippen LogP contribution >= 0.6 is 0 Å². The maximum atomic E-state index is 12.8. The molecule has 1 aromatic rings. The van der Waals surface area contributed by atoms with Crippen LogP contribution in [0, 0.1) is 0 Å². The molecule has 0 bridgehead atoms. The molecule has 1 fully saturated rings. The van der Waals surface area contributed by atoms with Gasteiger partial charge < -0.3 is 5.32 Å². The van der Waals surface area contributed by atoms with Gasteiger partial charge in [0.1, 0.15) is 0 Å². The molecule has 1 N–H and O–H groups in total. The Balaban J connectivity index is 2.04. The average Bonchev–Trinajstić information content (AvgIpc) is 2.83. The van der Waals surface area contributed by atoms with E-state index in [0.717, 1.165) is 32.0 Å². The summed E-state index contributed by atoms with van der Waals surface area (Å²) in [7, 11) is 0. The Morgan fingerprint density at radius 3 is 2.74 bits per heavy atom. The van der Waals surface area contributed by atoms with Crippen LogP contribution in [0.15, 0.2) is 24.3 Å². The second-order valence-electron chi connectivity index (χ2n) is 4.85. The molecule has 0 spiro atoms. The van der Waals surface area contributed by atoms with Gasteiger partial charge >= 0.3 is 6.18 Å². The number of para-hydroxylation sites is 1. The van der Waals surface area contributed by atoms with Crippen LogP contribution in [-0.2, 0) is 6.18 Å². The largest absolute Gasteiger partial charge is 0.418 e. The van der Waals surface area contributed by atoms with Crippen molar-refractivity contribution in [1.29, 1.82) is 0 Å². The topological polar surface area (TPSA) is 15.3 Å². The Morgan fingerprint density at radius 1 is 1.32 bits per heavy atom. The molecule has 19 heavy (non-hydrogen) atoms. The van der Waals surface area contributed by atoms with Crippen molar-refractivity contribution in [3.63, 3.8) is 0 Å². The lowest BCUT2D eigenvalue weighted by Crippen LogP contribution is -2.34. The minimum absolute atomic E-state index is 0.179. The lowest BCUT2D eigenvalue weighted by atomic mass is 10.1. The normalized spacial score (nSPS) is 20.7. The van der Waals surface area contributed by atoms with Crippen LogP contribution in [0.1, 0.15) is 25.3 Å². The third-order valence-corrected chi connectivity index (χ3v) is 3.67. The van der Waals surface area contributed by atoms with Crippen molar-refractivity contribution in [3.05, 3.63) is 29.8 Å². The van der Waals surface area contributed by atoms with Crippen molar-refractivity contribution in [2.75, 3.05) is 25.0 Å². The number of likely N-dealkylation sites (N-methyl/N-ethyl adjacent to an activating group) is 1. The molecule has 0 radical (unpaired) electrons. The first-order valence-corrected chi connectivity index (χ1v) is 6.66. The van der Waals surface area contributed by atoms with Gasteiger partial charge in [0.05, 0.1) is 5.56 Å². The van der Waals surface area contributed by atoms with Crippen molar-refractivity contribution in [2.45, 2.75) is 32.0 Å². The molecule has 1 unspecified atom stereocenters. The fraction of sp³-hybridized carbons (Fsp3) is 0.571. The van der Waals surface area contributed by atoms with Crippen molar-refractivity contribution in [3.8, 4) is 0 Å². The van der Waals surface area contributed by atoms with E-state index in [1.807, 2.05) is 0 Å². The molecule has 0 aliphatic carbocycles. The van der Waals surface area contributed by atoms with E-state index >= 15 is 0 Å². The van der Waals surface area contributed by atoms with E-state index in [4.69, 9.17) is 0 Å². The van der Waals surface area contributed by atoms with Gasteiger partial charge in [0, 0.05) is 18.3 Å². The van der Waals surface area contributed by atoms with Gasteiger partial charge in [-0.3, -0.25) is 4.90 Å². The van der Waals surface area contributed by atoms with Crippen LogP contribution in [-0.4, -0.2) is 30.6 Å². The number of hydrogen-bond donors (Lipinski definition) is 1. The first kappa shape index (κ1) is 14.2. The lowest BCUT2D eigenvalue weighted by molar-refractivity contribution is -0.136. The molecule has 1 aliphatic heterocycles. The van der Waals surface area contributed by atoms with Crippen LogP contribution in [0.5, 0.6) is 0 Å². The van der Waals surface area contributed by atoms with Gasteiger partial charge in [-0.25, -0.2) is 0 Å². The molecular formula is C14H19F3N2. The molecule has 1 saturated heterocycles. The first-order valence-electron chi connectivity index (χ1n) is 6.66. The number of likely N-dealkylation sites (tertiary alicyclic amines) is 1. The summed E-state index contributed by atoms with van der Waals surface area (Å²) in [5, 5.41) is 2.96. The Morgan fingerprint density at radius 2 is 2.05 bits per heavy atom. The summed E-state index contributed by atoms with van der Waals surface area (Å²) in [4.78, 5) is 2.31. The highest BCUT2D eigenvalue weighted by molar-refractivity contribution is 5.52. The van der Waals surface area contributed by atoms with Gasteiger partial charge in [-0.2, -0.15) is 13.2 Å². The number of benzene rings is 1. The van der Waals surface area contributed by atoms with E-state index in [-0.39, 0.29) is 5.69 Å². The summed E-state index contributed by atoms with van der Waals surface area (Å²) in [6.45, 7) is 4.65. The molecular weight excluding hydrogens is 253 g/mol. The summed E-state index contributed by atoms with van der Waals surface area (Å²) in [5.41, 5.74) is -0.408. The average molecular weight is 272 g/mol. The maximum Gasteiger partial charge on any atom is 0.418 e. The number of rotatable bonds is 4. The molecule has 1 aliphatic rings. The Hall–Kier alpha value is -1.23. The number of nitrogens with zero attached hydrogens (tertiary/aromatic N) is 1. The number of nitrogens with one attached hydrogen (secondary N) is 1. The van der Waals surface area contributed by atoms with E-state index in [9.17, 15) is 13.2 Å².